The summed E-state index contributed by atoms with van der Waals surface area (Å²) < 4.78 is 0. The average Bonchev–Trinajstić information content (AvgIpc) is 2.94. The van der Waals surface area contributed by atoms with Gasteiger partial charge in [0.15, 0.2) is 5.11 Å². The van der Waals surface area contributed by atoms with Crippen LogP contribution in [-0.4, -0.2) is 21.9 Å². The Bertz CT molecular complexity index is 407. The summed E-state index contributed by atoms with van der Waals surface area (Å²) >= 11 is 6.89. The molecule has 0 atom stereocenters. The molecule has 0 unspecified atom stereocenters. The fourth-order valence-corrected chi connectivity index (χ4v) is 3.23. The van der Waals surface area contributed by atoms with Gasteiger partial charge >= 0.3 is 0 Å². The quantitative estimate of drug-likeness (QED) is 0.417. The minimum Gasteiger partial charge on any atom is -0.362 e. The highest BCUT2D eigenvalue weighted by atomic mass is 32.1. The third-order valence-corrected chi connectivity index (χ3v) is 4.64. The van der Waals surface area contributed by atoms with Crippen LogP contribution in [0.4, 0.5) is 5.13 Å². The zero-order valence-electron chi connectivity index (χ0n) is 14.0. The first kappa shape index (κ1) is 19.3. The molecular weight excluding hydrogens is 312 g/mol. The van der Waals surface area contributed by atoms with Crippen LogP contribution in [-0.2, 0) is 6.42 Å². The molecule has 1 heterocycles. The van der Waals surface area contributed by atoms with E-state index in [4.69, 9.17) is 12.2 Å². The highest BCUT2D eigenvalue weighted by Crippen LogP contribution is 2.17. The number of hydrogen-bond acceptors (Lipinski definition) is 4. The molecule has 0 spiro atoms. The Hall–Kier alpha value is -0.750. The summed E-state index contributed by atoms with van der Waals surface area (Å²) in [5.41, 5.74) is 0. The van der Waals surface area contributed by atoms with Crippen LogP contribution in [0.25, 0.3) is 0 Å². The van der Waals surface area contributed by atoms with Crippen molar-refractivity contribution >= 4 is 33.8 Å². The smallest absolute Gasteiger partial charge is 0.211 e. The summed E-state index contributed by atoms with van der Waals surface area (Å²) in [7, 11) is 0. The molecule has 1 aromatic rings. The highest BCUT2D eigenvalue weighted by molar-refractivity contribution is 7.80. The molecule has 22 heavy (non-hydrogen) atoms. The normalized spacial score (nSPS) is 10.6. The van der Waals surface area contributed by atoms with Crippen LogP contribution in [0.15, 0.2) is 0 Å². The molecule has 2 N–H and O–H groups in total. The van der Waals surface area contributed by atoms with Crippen molar-refractivity contribution in [2.45, 2.75) is 78.1 Å². The summed E-state index contributed by atoms with van der Waals surface area (Å²) in [6.07, 6.45) is 12.5. The van der Waals surface area contributed by atoms with Crippen LogP contribution in [0.3, 0.4) is 0 Å². The van der Waals surface area contributed by atoms with Crippen LogP contribution in [0, 0.1) is 0 Å². The molecule has 0 aliphatic rings. The summed E-state index contributed by atoms with van der Waals surface area (Å²) in [6.45, 7) is 5.38. The highest BCUT2D eigenvalue weighted by Gasteiger charge is 2.05. The van der Waals surface area contributed by atoms with Crippen LogP contribution in [0.1, 0.15) is 76.6 Å². The van der Waals surface area contributed by atoms with Gasteiger partial charge in [0.25, 0.3) is 0 Å². The van der Waals surface area contributed by atoms with Crippen LogP contribution >= 0.6 is 23.6 Å². The second-order valence-corrected chi connectivity index (χ2v) is 7.08. The van der Waals surface area contributed by atoms with Crippen molar-refractivity contribution in [3.05, 3.63) is 5.01 Å². The molecule has 0 fully saturated rings. The minimum atomic E-state index is 0.657. The maximum atomic E-state index is 5.29. The molecule has 4 nitrogen and oxygen atoms in total. The van der Waals surface area contributed by atoms with Crippen molar-refractivity contribution in [2.24, 2.45) is 0 Å². The van der Waals surface area contributed by atoms with E-state index in [9.17, 15) is 0 Å². The number of nitrogens with zero attached hydrogens (tertiary/aromatic N) is 2. The third-order valence-electron chi connectivity index (χ3n) is 3.50. The van der Waals surface area contributed by atoms with Crippen molar-refractivity contribution in [2.75, 3.05) is 11.9 Å². The largest absolute Gasteiger partial charge is 0.362 e. The molecular formula is C16H30N4S2. The molecule has 0 saturated carbocycles. The Kier molecular flexibility index (Phi) is 11.2. The molecule has 0 saturated heterocycles. The number of unbranched alkanes of at least 4 members (excludes halogenated alkanes) is 7. The lowest BCUT2D eigenvalue weighted by atomic mass is 10.1. The van der Waals surface area contributed by atoms with Crippen LogP contribution in [0.5, 0.6) is 0 Å². The molecule has 0 amide bonds. The van der Waals surface area contributed by atoms with E-state index in [2.05, 4.69) is 34.7 Å². The van der Waals surface area contributed by atoms with Crippen molar-refractivity contribution in [3.63, 3.8) is 0 Å². The predicted molar refractivity (Wildman–Crippen MR) is 101 cm³/mol. The first-order chi connectivity index (χ1) is 10.8. The van der Waals surface area contributed by atoms with E-state index in [1.54, 1.807) is 11.3 Å². The molecule has 0 aliphatic heterocycles. The molecule has 0 aliphatic carbocycles. The van der Waals surface area contributed by atoms with E-state index in [0.29, 0.717) is 5.11 Å². The van der Waals surface area contributed by atoms with Gasteiger partial charge in [0.1, 0.15) is 5.01 Å². The topological polar surface area (TPSA) is 49.8 Å². The van der Waals surface area contributed by atoms with E-state index in [1.807, 2.05) is 0 Å². The Labute approximate surface area is 144 Å². The van der Waals surface area contributed by atoms with E-state index >= 15 is 0 Å². The number of anilines is 1. The Morgan fingerprint density at radius 2 is 1.64 bits per heavy atom. The second-order valence-electron chi connectivity index (χ2n) is 5.61. The van der Waals surface area contributed by atoms with Gasteiger partial charge in [0.2, 0.25) is 5.13 Å². The van der Waals surface area contributed by atoms with Crippen molar-refractivity contribution in [1.29, 1.82) is 0 Å². The number of aryl methyl sites for hydroxylation is 1. The lowest BCUT2D eigenvalue weighted by molar-refractivity contribution is 0.603. The average molecular weight is 343 g/mol. The number of nitrogens with one attached hydrogen (secondary N) is 2. The zero-order chi connectivity index (χ0) is 16.0. The maximum absolute atomic E-state index is 5.29. The van der Waals surface area contributed by atoms with E-state index in [1.165, 1.54) is 57.8 Å². The number of thiocarbonyl (C=S) groups is 1. The standard InChI is InChI=1S/C16H30N4S2/c1-3-5-7-8-9-11-13-17-15(21)18-16-20-19-14(22-16)12-10-6-4-2/h3-13H2,1-2H3,(H2,17,18,20,21). The van der Waals surface area contributed by atoms with Crippen LogP contribution < -0.4 is 10.6 Å². The zero-order valence-corrected chi connectivity index (χ0v) is 15.6. The number of hydrogen-bond donors (Lipinski definition) is 2. The minimum absolute atomic E-state index is 0.657. The van der Waals surface area contributed by atoms with Gasteiger partial charge in [0.05, 0.1) is 0 Å². The fourth-order valence-electron chi connectivity index (χ4n) is 2.18. The number of rotatable bonds is 12. The summed E-state index contributed by atoms with van der Waals surface area (Å²) in [4.78, 5) is 0. The van der Waals surface area contributed by atoms with E-state index < -0.39 is 0 Å². The van der Waals surface area contributed by atoms with Gasteiger partial charge in [-0.3, -0.25) is 0 Å². The van der Waals surface area contributed by atoms with Crippen molar-refractivity contribution in [1.82, 2.24) is 15.5 Å². The predicted octanol–water partition coefficient (Wildman–Crippen LogP) is 4.92. The summed E-state index contributed by atoms with van der Waals surface area (Å²) in [5.74, 6) is 0. The van der Waals surface area contributed by atoms with Gasteiger partial charge < -0.3 is 10.6 Å². The number of aromatic nitrogens is 2. The molecule has 1 aromatic heterocycles. The Morgan fingerprint density at radius 1 is 0.955 bits per heavy atom. The Morgan fingerprint density at radius 3 is 2.41 bits per heavy atom. The lowest BCUT2D eigenvalue weighted by Gasteiger charge is -2.07. The summed E-state index contributed by atoms with van der Waals surface area (Å²) in [5, 5.41) is 17.3. The molecule has 6 heteroatoms. The first-order valence-electron chi connectivity index (χ1n) is 8.63. The van der Waals surface area contributed by atoms with Gasteiger partial charge in [-0.2, -0.15) is 0 Å². The van der Waals surface area contributed by atoms with Gasteiger partial charge in [-0.15, -0.1) is 10.2 Å². The second kappa shape index (κ2) is 12.8. The summed E-state index contributed by atoms with van der Waals surface area (Å²) in [6, 6.07) is 0. The van der Waals surface area contributed by atoms with Crippen molar-refractivity contribution < 1.29 is 0 Å². The SMILES string of the molecule is CCCCCCCCNC(=S)Nc1nnc(CCCCC)s1. The van der Waals surface area contributed by atoms with Gasteiger partial charge in [-0.25, -0.2) is 0 Å². The molecule has 0 radical (unpaired) electrons. The van der Waals surface area contributed by atoms with E-state index in [-0.39, 0.29) is 0 Å². The molecule has 126 valence electrons. The van der Waals surface area contributed by atoms with Crippen molar-refractivity contribution in [3.8, 4) is 0 Å². The van der Waals surface area contributed by atoms with Gasteiger partial charge in [-0.1, -0.05) is 70.1 Å². The molecule has 0 bridgehead atoms. The third kappa shape index (κ3) is 9.30. The maximum Gasteiger partial charge on any atom is 0.211 e. The Balaban J connectivity index is 2.09. The monoisotopic (exact) mass is 342 g/mol. The van der Waals surface area contributed by atoms with Crippen LogP contribution in [0.2, 0.25) is 0 Å². The van der Waals surface area contributed by atoms with Gasteiger partial charge in [-0.05, 0) is 25.1 Å². The lowest BCUT2D eigenvalue weighted by Crippen LogP contribution is -2.29. The van der Waals surface area contributed by atoms with Gasteiger partial charge in [0, 0.05) is 13.0 Å². The molecule has 0 aromatic carbocycles. The fraction of sp³-hybridized carbons (Fsp3) is 0.812. The molecule has 1 rings (SSSR count). The van der Waals surface area contributed by atoms with E-state index in [0.717, 1.165) is 23.1 Å². The first-order valence-corrected chi connectivity index (χ1v) is 9.86.